The Bertz CT molecular complexity index is 1040. The molecule has 1 atom stereocenters. The molecule has 0 unspecified atom stereocenters. The van der Waals surface area contributed by atoms with Gasteiger partial charge in [-0.1, -0.05) is 36.8 Å². The van der Waals surface area contributed by atoms with Gasteiger partial charge >= 0.3 is 0 Å². The lowest BCUT2D eigenvalue weighted by atomic mass is 10.0. The van der Waals surface area contributed by atoms with E-state index in [9.17, 15) is 13.2 Å². The van der Waals surface area contributed by atoms with Gasteiger partial charge in [-0.3, -0.25) is 4.79 Å². The van der Waals surface area contributed by atoms with E-state index in [1.165, 1.54) is 30.5 Å². The molecule has 3 aromatic rings. The summed E-state index contributed by atoms with van der Waals surface area (Å²) in [6, 6.07) is 17.2. The number of carbonyl (C=O) groups excluding carboxylic acids is 1. The van der Waals surface area contributed by atoms with Crippen molar-refractivity contribution in [2.75, 3.05) is 0 Å². The van der Waals surface area contributed by atoms with E-state index >= 15 is 0 Å². The Morgan fingerprint density at radius 2 is 1.72 bits per heavy atom. The summed E-state index contributed by atoms with van der Waals surface area (Å²) in [5.41, 5.74) is 2.60. The Balaban J connectivity index is 1.66. The molecule has 0 aliphatic heterocycles. The maximum atomic E-state index is 12.6. The number of benzene rings is 2. The molecule has 0 aliphatic carbocycles. The Morgan fingerprint density at radius 3 is 2.31 bits per heavy atom. The normalized spacial score (nSPS) is 12.5. The fourth-order valence-corrected chi connectivity index (χ4v) is 3.90. The van der Waals surface area contributed by atoms with Crippen molar-refractivity contribution in [3.8, 4) is 0 Å². The highest BCUT2D eigenvalue weighted by Gasteiger charge is 2.17. The minimum Gasteiger partial charge on any atom is -0.468 e. The van der Waals surface area contributed by atoms with Crippen molar-refractivity contribution < 1.29 is 17.6 Å². The summed E-state index contributed by atoms with van der Waals surface area (Å²) in [4.78, 5) is 12.7. The van der Waals surface area contributed by atoms with Gasteiger partial charge in [0.25, 0.3) is 5.91 Å². The Morgan fingerprint density at radius 1 is 1.03 bits per heavy atom. The predicted octanol–water partition coefficient (Wildman–Crippen LogP) is 3.95. The third-order valence-electron chi connectivity index (χ3n) is 4.64. The molecule has 1 heterocycles. The van der Waals surface area contributed by atoms with E-state index in [2.05, 4.69) is 10.0 Å². The molecule has 3 rings (SSSR count). The zero-order chi connectivity index (χ0) is 20.9. The first kappa shape index (κ1) is 20.8. The lowest BCUT2D eigenvalue weighted by Crippen LogP contribution is -2.28. The van der Waals surface area contributed by atoms with Gasteiger partial charge in [0.2, 0.25) is 10.0 Å². The Kier molecular flexibility index (Phi) is 6.51. The average Bonchev–Trinajstić information content (AvgIpc) is 3.25. The molecule has 0 aliphatic rings. The van der Waals surface area contributed by atoms with Crippen LogP contribution >= 0.6 is 0 Å². The first-order valence-electron chi connectivity index (χ1n) is 9.38. The molecular formula is C22H24N2O4S. The molecule has 7 heteroatoms. The van der Waals surface area contributed by atoms with Crippen LogP contribution in [0.1, 0.15) is 46.6 Å². The number of nitrogens with one attached hydrogen (secondary N) is 2. The highest BCUT2D eigenvalue weighted by atomic mass is 32.2. The first-order chi connectivity index (χ1) is 13.9. The predicted molar refractivity (Wildman–Crippen MR) is 111 cm³/mol. The molecule has 0 saturated carbocycles. The molecule has 0 fully saturated rings. The fourth-order valence-electron chi connectivity index (χ4n) is 2.91. The van der Waals surface area contributed by atoms with E-state index in [1.807, 2.05) is 38.1 Å². The van der Waals surface area contributed by atoms with Gasteiger partial charge < -0.3 is 9.73 Å². The number of furan rings is 1. The van der Waals surface area contributed by atoms with Crippen LogP contribution in [0.2, 0.25) is 0 Å². The topological polar surface area (TPSA) is 88.4 Å². The minimum atomic E-state index is -3.70. The molecule has 0 spiro atoms. The third kappa shape index (κ3) is 5.34. The van der Waals surface area contributed by atoms with Crippen LogP contribution in [0.5, 0.6) is 0 Å². The van der Waals surface area contributed by atoms with Gasteiger partial charge in [-0.05, 0) is 55.3 Å². The summed E-state index contributed by atoms with van der Waals surface area (Å²) in [6.07, 6.45) is 2.23. The fraction of sp³-hybridized carbons (Fsp3) is 0.227. The van der Waals surface area contributed by atoms with Crippen LogP contribution in [0.25, 0.3) is 0 Å². The van der Waals surface area contributed by atoms with Gasteiger partial charge in [-0.15, -0.1) is 0 Å². The van der Waals surface area contributed by atoms with Crippen molar-refractivity contribution in [3.63, 3.8) is 0 Å². The highest BCUT2D eigenvalue weighted by molar-refractivity contribution is 7.89. The molecule has 1 aromatic heterocycles. The largest absolute Gasteiger partial charge is 0.468 e. The number of rotatable bonds is 8. The summed E-state index contributed by atoms with van der Waals surface area (Å²) in [7, 11) is -3.70. The number of amides is 1. The second-order valence-corrected chi connectivity index (χ2v) is 8.54. The second-order valence-electron chi connectivity index (χ2n) is 6.77. The quantitative estimate of drug-likeness (QED) is 0.586. The van der Waals surface area contributed by atoms with Crippen molar-refractivity contribution in [2.24, 2.45) is 0 Å². The van der Waals surface area contributed by atoms with Crippen molar-refractivity contribution in [3.05, 3.63) is 89.4 Å². The monoisotopic (exact) mass is 412 g/mol. The summed E-state index contributed by atoms with van der Waals surface area (Å²) < 4.78 is 32.4. The molecule has 0 saturated heterocycles. The van der Waals surface area contributed by atoms with E-state index < -0.39 is 10.0 Å². The number of carbonyl (C=O) groups is 1. The number of sulfonamides is 1. The molecule has 152 valence electrons. The zero-order valence-electron chi connectivity index (χ0n) is 16.4. The van der Waals surface area contributed by atoms with Gasteiger partial charge in [0.05, 0.1) is 23.7 Å². The van der Waals surface area contributed by atoms with Crippen LogP contribution in [0.4, 0.5) is 0 Å². The van der Waals surface area contributed by atoms with Gasteiger partial charge in [0.15, 0.2) is 0 Å². The van der Waals surface area contributed by atoms with E-state index in [0.717, 1.165) is 17.5 Å². The van der Waals surface area contributed by atoms with Gasteiger partial charge in [-0.2, -0.15) is 0 Å². The van der Waals surface area contributed by atoms with Crippen molar-refractivity contribution >= 4 is 15.9 Å². The summed E-state index contributed by atoms with van der Waals surface area (Å²) in [5.74, 6) is 0.274. The zero-order valence-corrected chi connectivity index (χ0v) is 17.2. The maximum absolute atomic E-state index is 12.6. The Labute approximate surface area is 171 Å². The molecule has 1 amide bonds. The van der Waals surface area contributed by atoms with Crippen LogP contribution in [-0.4, -0.2) is 14.3 Å². The molecule has 0 radical (unpaired) electrons. The van der Waals surface area contributed by atoms with Gasteiger partial charge in [0.1, 0.15) is 5.76 Å². The minimum absolute atomic E-state index is 0.0618. The van der Waals surface area contributed by atoms with E-state index in [4.69, 9.17) is 4.42 Å². The molecule has 6 nitrogen and oxygen atoms in total. The van der Waals surface area contributed by atoms with E-state index in [1.54, 1.807) is 12.1 Å². The molecule has 0 bridgehead atoms. The SMILES string of the molecule is CC[C@@H](NC(=O)c1ccc(S(=O)(=O)NCc2ccco2)cc1)c1ccc(C)cc1. The number of aryl methyl sites for hydroxylation is 1. The summed E-state index contributed by atoms with van der Waals surface area (Å²) >= 11 is 0. The maximum Gasteiger partial charge on any atom is 0.251 e. The third-order valence-corrected chi connectivity index (χ3v) is 6.05. The average molecular weight is 413 g/mol. The van der Waals surface area contributed by atoms with Crippen molar-refractivity contribution in [1.29, 1.82) is 0 Å². The van der Waals surface area contributed by atoms with Gasteiger partial charge in [0, 0.05) is 5.56 Å². The molecule has 29 heavy (non-hydrogen) atoms. The van der Waals surface area contributed by atoms with E-state index in [-0.39, 0.29) is 23.4 Å². The smallest absolute Gasteiger partial charge is 0.251 e. The lowest BCUT2D eigenvalue weighted by Gasteiger charge is -2.18. The van der Waals surface area contributed by atoms with Crippen molar-refractivity contribution in [1.82, 2.24) is 10.0 Å². The summed E-state index contributed by atoms with van der Waals surface area (Å²) in [5, 5.41) is 3.00. The van der Waals surface area contributed by atoms with Crippen LogP contribution in [-0.2, 0) is 16.6 Å². The lowest BCUT2D eigenvalue weighted by molar-refractivity contribution is 0.0935. The molecule has 2 aromatic carbocycles. The molecular weight excluding hydrogens is 388 g/mol. The van der Waals surface area contributed by atoms with E-state index in [0.29, 0.717) is 11.3 Å². The van der Waals surface area contributed by atoms with Crippen LogP contribution in [0.15, 0.2) is 76.2 Å². The number of hydrogen-bond acceptors (Lipinski definition) is 4. The number of hydrogen-bond donors (Lipinski definition) is 2. The highest BCUT2D eigenvalue weighted by Crippen LogP contribution is 2.18. The van der Waals surface area contributed by atoms with Gasteiger partial charge in [-0.25, -0.2) is 13.1 Å². The first-order valence-corrected chi connectivity index (χ1v) is 10.9. The van der Waals surface area contributed by atoms with Crippen LogP contribution in [0, 0.1) is 6.92 Å². The second kappa shape index (κ2) is 9.07. The van der Waals surface area contributed by atoms with Crippen LogP contribution < -0.4 is 10.0 Å². The standard InChI is InChI=1S/C22H24N2O4S/c1-3-21(17-8-6-16(2)7-9-17)24-22(25)18-10-12-20(13-11-18)29(26,27)23-15-19-5-4-14-28-19/h4-14,21,23H,3,15H2,1-2H3,(H,24,25)/t21-/m1/s1. The van der Waals surface area contributed by atoms with Crippen molar-refractivity contribution in [2.45, 2.75) is 37.8 Å². The van der Waals surface area contributed by atoms with Crippen LogP contribution in [0.3, 0.4) is 0 Å². The summed E-state index contributed by atoms with van der Waals surface area (Å²) in [6.45, 7) is 4.08. The molecule has 2 N–H and O–H groups in total. The Hall–Kier alpha value is -2.90.